The number of benzene rings is 1. The molecule has 94 valence electrons. The van der Waals surface area contributed by atoms with Gasteiger partial charge in [-0.05, 0) is 36.7 Å². The molecule has 1 aliphatic heterocycles. The summed E-state index contributed by atoms with van der Waals surface area (Å²) in [4.78, 5) is 2.31. The van der Waals surface area contributed by atoms with Crippen LogP contribution >= 0.6 is 11.6 Å². The number of aliphatic hydroxyl groups excluding tert-OH is 1. The zero-order valence-electron chi connectivity index (χ0n) is 10.1. The highest BCUT2D eigenvalue weighted by Gasteiger charge is 2.20. The van der Waals surface area contributed by atoms with Crippen LogP contribution in [0.4, 0.5) is 5.69 Å². The molecule has 17 heavy (non-hydrogen) atoms. The zero-order valence-corrected chi connectivity index (χ0v) is 10.8. The molecule has 0 aliphatic carbocycles. The second-order valence-electron chi connectivity index (χ2n) is 4.77. The fourth-order valence-electron chi connectivity index (χ4n) is 2.20. The van der Waals surface area contributed by atoms with Crippen LogP contribution in [0.5, 0.6) is 0 Å². The van der Waals surface area contributed by atoms with Gasteiger partial charge in [0, 0.05) is 29.8 Å². The summed E-state index contributed by atoms with van der Waals surface area (Å²) in [5.41, 5.74) is 1.17. The minimum Gasteiger partial charge on any atom is -0.395 e. The fraction of sp³-hybridized carbons (Fsp3) is 0.538. The summed E-state index contributed by atoms with van der Waals surface area (Å²) in [5, 5.41) is 13.4. The summed E-state index contributed by atoms with van der Waals surface area (Å²) in [6, 6.07) is 8.04. The van der Waals surface area contributed by atoms with Crippen molar-refractivity contribution < 1.29 is 5.11 Å². The van der Waals surface area contributed by atoms with Crippen molar-refractivity contribution in [3.05, 3.63) is 29.3 Å². The molecule has 3 nitrogen and oxygen atoms in total. The lowest BCUT2D eigenvalue weighted by Crippen LogP contribution is -2.40. The molecule has 0 bridgehead atoms. The van der Waals surface area contributed by atoms with Crippen LogP contribution in [0.2, 0.25) is 5.02 Å². The quantitative estimate of drug-likeness (QED) is 0.844. The minimum absolute atomic E-state index is 0.149. The van der Waals surface area contributed by atoms with Crippen LogP contribution in [-0.4, -0.2) is 37.4 Å². The highest BCUT2D eigenvalue weighted by Crippen LogP contribution is 2.20. The van der Waals surface area contributed by atoms with Crippen molar-refractivity contribution in [2.24, 2.45) is 5.92 Å². The van der Waals surface area contributed by atoms with Crippen molar-refractivity contribution in [3.8, 4) is 0 Å². The third kappa shape index (κ3) is 3.35. The molecule has 0 spiro atoms. The summed E-state index contributed by atoms with van der Waals surface area (Å²) in [6.45, 7) is 5.19. The van der Waals surface area contributed by atoms with E-state index in [0.717, 1.165) is 24.7 Å². The van der Waals surface area contributed by atoms with Gasteiger partial charge < -0.3 is 15.3 Å². The van der Waals surface area contributed by atoms with E-state index in [9.17, 15) is 5.11 Å². The lowest BCUT2D eigenvalue weighted by molar-refractivity contribution is 0.247. The lowest BCUT2D eigenvalue weighted by Gasteiger charge is -2.26. The molecule has 4 heteroatoms. The normalized spacial score (nSPS) is 25.7. The van der Waals surface area contributed by atoms with E-state index in [1.165, 1.54) is 5.69 Å². The summed E-state index contributed by atoms with van der Waals surface area (Å²) < 4.78 is 0. The van der Waals surface area contributed by atoms with Gasteiger partial charge in [0.05, 0.1) is 6.61 Å². The standard InChI is InChI=1S/C13H19ClN2O/c1-10-6-15-12(9-17)8-16(7-10)13-4-2-11(14)3-5-13/h2-5,10,12,15,17H,6-9H2,1H3. The van der Waals surface area contributed by atoms with Gasteiger partial charge in [-0.15, -0.1) is 0 Å². The van der Waals surface area contributed by atoms with Gasteiger partial charge in [-0.3, -0.25) is 0 Å². The van der Waals surface area contributed by atoms with E-state index in [1.807, 2.05) is 24.3 Å². The van der Waals surface area contributed by atoms with Crippen molar-refractivity contribution >= 4 is 17.3 Å². The van der Waals surface area contributed by atoms with E-state index in [4.69, 9.17) is 11.6 Å². The Labute approximate surface area is 107 Å². The van der Waals surface area contributed by atoms with E-state index < -0.39 is 0 Å². The second-order valence-corrected chi connectivity index (χ2v) is 5.21. The number of hydrogen-bond donors (Lipinski definition) is 2. The first-order valence-corrected chi connectivity index (χ1v) is 6.41. The largest absolute Gasteiger partial charge is 0.395 e. The maximum atomic E-state index is 9.30. The minimum atomic E-state index is 0.149. The summed E-state index contributed by atoms with van der Waals surface area (Å²) >= 11 is 5.90. The highest BCUT2D eigenvalue weighted by atomic mass is 35.5. The first-order chi connectivity index (χ1) is 8.19. The maximum Gasteiger partial charge on any atom is 0.0601 e. The molecule has 1 fully saturated rings. The summed E-state index contributed by atoms with van der Waals surface area (Å²) in [7, 11) is 0. The Morgan fingerprint density at radius 3 is 2.71 bits per heavy atom. The third-order valence-corrected chi connectivity index (χ3v) is 3.39. The predicted molar refractivity (Wildman–Crippen MR) is 71.7 cm³/mol. The molecule has 0 aromatic heterocycles. The van der Waals surface area contributed by atoms with Gasteiger partial charge in [-0.2, -0.15) is 0 Å². The average Bonchev–Trinajstić information content (AvgIpc) is 2.52. The topological polar surface area (TPSA) is 35.5 Å². The molecule has 1 aromatic carbocycles. The van der Waals surface area contributed by atoms with Crippen LogP contribution in [0.3, 0.4) is 0 Å². The molecule has 0 radical (unpaired) electrons. The van der Waals surface area contributed by atoms with Crippen LogP contribution < -0.4 is 10.2 Å². The fourth-order valence-corrected chi connectivity index (χ4v) is 2.32. The van der Waals surface area contributed by atoms with Gasteiger partial charge in [-0.25, -0.2) is 0 Å². The summed E-state index contributed by atoms with van der Waals surface area (Å²) in [5.74, 6) is 0.572. The molecule has 0 saturated carbocycles. The Kier molecular flexibility index (Phi) is 4.26. The van der Waals surface area contributed by atoms with E-state index >= 15 is 0 Å². The van der Waals surface area contributed by atoms with Crippen LogP contribution in [0.1, 0.15) is 6.92 Å². The Bertz CT molecular complexity index is 355. The smallest absolute Gasteiger partial charge is 0.0601 e. The molecular formula is C13H19ClN2O. The average molecular weight is 255 g/mol. The number of nitrogens with one attached hydrogen (secondary N) is 1. The van der Waals surface area contributed by atoms with E-state index in [1.54, 1.807) is 0 Å². The molecule has 2 N–H and O–H groups in total. The number of halogens is 1. The highest BCUT2D eigenvalue weighted by molar-refractivity contribution is 6.30. The first-order valence-electron chi connectivity index (χ1n) is 6.04. The van der Waals surface area contributed by atoms with Crippen LogP contribution in [0.15, 0.2) is 24.3 Å². The predicted octanol–water partition coefficient (Wildman–Crippen LogP) is 1.75. The second kappa shape index (κ2) is 5.71. The molecule has 1 aromatic rings. The molecule has 1 heterocycles. The summed E-state index contributed by atoms with van der Waals surface area (Å²) in [6.07, 6.45) is 0. The van der Waals surface area contributed by atoms with Crippen molar-refractivity contribution in [1.29, 1.82) is 0 Å². The van der Waals surface area contributed by atoms with Gasteiger partial charge in [-0.1, -0.05) is 18.5 Å². The van der Waals surface area contributed by atoms with Gasteiger partial charge in [0.15, 0.2) is 0 Å². The number of anilines is 1. The van der Waals surface area contributed by atoms with E-state index in [-0.39, 0.29) is 12.6 Å². The maximum absolute atomic E-state index is 9.30. The van der Waals surface area contributed by atoms with Gasteiger partial charge in [0.25, 0.3) is 0 Å². The number of hydrogen-bond acceptors (Lipinski definition) is 3. The zero-order chi connectivity index (χ0) is 12.3. The molecule has 2 atom stereocenters. The van der Waals surface area contributed by atoms with Gasteiger partial charge in [0.2, 0.25) is 0 Å². The van der Waals surface area contributed by atoms with Gasteiger partial charge >= 0.3 is 0 Å². The van der Waals surface area contributed by atoms with Crippen LogP contribution in [0.25, 0.3) is 0 Å². The van der Waals surface area contributed by atoms with Crippen molar-refractivity contribution in [2.45, 2.75) is 13.0 Å². The monoisotopic (exact) mass is 254 g/mol. The molecule has 1 saturated heterocycles. The molecule has 2 unspecified atom stereocenters. The van der Waals surface area contributed by atoms with E-state index in [2.05, 4.69) is 17.1 Å². The van der Waals surface area contributed by atoms with E-state index in [0.29, 0.717) is 5.92 Å². The Balaban J connectivity index is 2.14. The molecule has 0 amide bonds. The Hall–Kier alpha value is -0.770. The van der Waals surface area contributed by atoms with Gasteiger partial charge in [0.1, 0.15) is 0 Å². The van der Waals surface area contributed by atoms with Crippen LogP contribution in [0, 0.1) is 5.92 Å². The first kappa shape index (κ1) is 12.7. The molecular weight excluding hydrogens is 236 g/mol. The lowest BCUT2D eigenvalue weighted by atomic mass is 10.1. The van der Waals surface area contributed by atoms with Crippen molar-refractivity contribution in [2.75, 3.05) is 31.1 Å². The Morgan fingerprint density at radius 2 is 2.06 bits per heavy atom. The van der Waals surface area contributed by atoms with Crippen molar-refractivity contribution in [3.63, 3.8) is 0 Å². The third-order valence-electron chi connectivity index (χ3n) is 3.14. The molecule has 2 rings (SSSR count). The number of rotatable bonds is 2. The Morgan fingerprint density at radius 1 is 1.35 bits per heavy atom. The SMILES string of the molecule is CC1CNC(CO)CN(c2ccc(Cl)cc2)C1. The number of nitrogens with zero attached hydrogens (tertiary/aromatic N) is 1. The van der Waals surface area contributed by atoms with Crippen LogP contribution in [-0.2, 0) is 0 Å². The van der Waals surface area contributed by atoms with Crippen molar-refractivity contribution in [1.82, 2.24) is 5.32 Å². The molecule has 1 aliphatic rings. The number of aliphatic hydroxyl groups is 1.